The second-order valence-electron chi connectivity index (χ2n) is 3.22. The zero-order chi connectivity index (χ0) is 12.1. The maximum absolute atomic E-state index is 10.6. The minimum absolute atomic E-state index is 0.112. The zero-order valence-corrected chi connectivity index (χ0v) is 10.2. The van der Waals surface area contributed by atoms with Crippen molar-refractivity contribution in [2.45, 2.75) is 0 Å². The summed E-state index contributed by atoms with van der Waals surface area (Å²) in [5, 5.41) is 8.41. The van der Waals surface area contributed by atoms with Gasteiger partial charge in [0.15, 0.2) is 0 Å². The Morgan fingerprint density at radius 1 is 1.31 bits per heavy atom. The standard InChI is InChI=1S/C11H11Cl2NO2/c1-14(8-5-3-2-4-6-8)7-9(12)10(13)11(15)16/h2-6H,7H2,1H3,(H,15,16). The Labute approximate surface area is 104 Å². The molecule has 0 saturated heterocycles. The molecule has 0 heterocycles. The number of nitrogens with zero attached hydrogens (tertiary/aromatic N) is 1. The van der Waals surface area contributed by atoms with Crippen LogP contribution in [0.2, 0.25) is 0 Å². The van der Waals surface area contributed by atoms with Crippen LogP contribution < -0.4 is 4.90 Å². The minimum Gasteiger partial charge on any atom is -0.477 e. The number of halogens is 2. The highest BCUT2D eigenvalue weighted by Gasteiger charge is 2.11. The molecule has 0 aliphatic rings. The Bertz CT molecular complexity index is 404. The molecule has 1 rings (SSSR count). The number of carboxylic acids is 1. The van der Waals surface area contributed by atoms with E-state index in [-0.39, 0.29) is 16.6 Å². The number of benzene rings is 1. The Morgan fingerprint density at radius 3 is 2.38 bits per heavy atom. The smallest absolute Gasteiger partial charge is 0.348 e. The molecule has 1 aromatic carbocycles. The second-order valence-corrected chi connectivity index (χ2v) is 4.05. The maximum atomic E-state index is 10.6. The molecule has 0 radical (unpaired) electrons. The van der Waals surface area contributed by atoms with Crippen molar-refractivity contribution >= 4 is 34.9 Å². The van der Waals surface area contributed by atoms with E-state index < -0.39 is 5.97 Å². The molecule has 0 aliphatic heterocycles. The van der Waals surface area contributed by atoms with Gasteiger partial charge in [-0.3, -0.25) is 0 Å². The van der Waals surface area contributed by atoms with Crippen LogP contribution in [-0.2, 0) is 4.79 Å². The van der Waals surface area contributed by atoms with Gasteiger partial charge < -0.3 is 10.0 Å². The number of carbonyl (C=O) groups is 1. The number of hydrogen-bond acceptors (Lipinski definition) is 2. The number of carboxylic acid groups (broad SMARTS) is 1. The van der Waals surface area contributed by atoms with E-state index in [0.717, 1.165) is 5.69 Å². The van der Waals surface area contributed by atoms with Crippen molar-refractivity contribution in [3.63, 3.8) is 0 Å². The second kappa shape index (κ2) is 5.77. The van der Waals surface area contributed by atoms with Crippen molar-refractivity contribution in [1.82, 2.24) is 0 Å². The molecule has 0 atom stereocenters. The molecule has 0 spiro atoms. The van der Waals surface area contributed by atoms with Gasteiger partial charge in [0.1, 0.15) is 5.03 Å². The largest absolute Gasteiger partial charge is 0.477 e. The van der Waals surface area contributed by atoms with Gasteiger partial charge >= 0.3 is 5.97 Å². The molecule has 0 fully saturated rings. The normalized spacial score (nSPS) is 11.9. The third-order valence-electron chi connectivity index (χ3n) is 2.00. The highest BCUT2D eigenvalue weighted by molar-refractivity contribution is 6.47. The summed E-state index contributed by atoms with van der Waals surface area (Å²) in [7, 11) is 1.81. The number of aliphatic carboxylic acids is 1. The monoisotopic (exact) mass is 259 g/mol. The highest BCUT2D eigenvalue weighted by atomic mass is 35.5. The van der Waals surface area contributed by atoms with E-state index in [1.165, 1.54) is 0 Å². The predicted octanol–water partition coefficient (Wildman–Crippen LogP) is 2.90. The van der Waals surface area contributed by atoms with Crippen molar-refractivity contribution in [2.75, 3.05) is 18.5 Å². The first-order valence-electron chi connectivity index (χ1n) is 4.56. The fourth-order valence-electron chi connectivity index (χ4n) is 1.17. The van der Waals surface area contributed by atoms with Gasteiger partial charge in [-0.15, -0.1) is 0 Å². The molecule has 0 unspecified atom stereocenters. The van der Waals surface area contributed by atoms with Crippen LogP contribution in [0, 0.1) is 0 Å². The molecule has 0 aliphatic carbocycles. The van der Waals surface area contributed by atoms with Crippen LogP contribution >= 0.6 is 23.2 Å². The van der Waals surface area contributed by atoms with Crippen LogP contribution in [0.15, 0.2) is 40.4 Å². The van der Waals surface area contributed by atoms with Crippen molar-refractivity contribution in [3.8, 4) is 0 Å². The summed E-state index contributed by atoms with van der Waals surface area (Å²) < 4.78 is 0. The third-order valence-corrected chi connectivity index (χ3v) is 2.79. The summed E-state index contributed by atoms with van der Waals surface area (Å²) in [6.07, 6.45) is 0. The summed E-state index contributed by atoms with van der Waals surface area (Å²) in [6.45, 7) is 0.261. The van der Waals surface area contributed by atoms with E-state index in [0.29, 0.717) is 0 Å². The average molecular weight is 260 g/mol. The summed E-state index contributed by atoms with van der Waals surface area (Å²) in [5.41, 5.74) is 0.940. The lowest BCUT2D eigenvalue weighted by molar-refractivity contribution is -0.131. The molecule has 0 saturated carbocycles. The van der Waals surface area contributed by atoms with Crippen molar-refractivity contribution in [1.29, 1.82) is 0 Å². The van der Waals surface area contributed by atoms with E-state index in [1.807, 2.05) is 42.3 Å². The lowest BCUT2D eigenvalue weighted by Gasteiger charge is -2.18. The van der Waals surface area contributed by atoms with Crippen molar-refractivity contribution in [2.24, 2.45) is 0 Å². The summed E-state index contributed by atoms with van der Waals surface area (Å²) in [6, 6.07) is 9.49. The lowest BCUT2D eigenvalue weighted by Crippen LogP contribution is -2.19. The molecule has 0 amide bonds. The number of likely N-dealkylation sites (N-methyl/N-ethyl adjacent to an activating group) is 1. The molecule has 0 bridgehead atoms. The van der Waals surface area contributed by atoms with Gasteiger partial charge in [0.05, 0.1) is 11.6 Å². The van der Waals surface area contributed by atoms with Crippen LogP contribution in [0.3, 0.4) is 0 Å². The molecule has 0 aromatic heterocycles. The number of anilines is 1. The Morgan fingerprint density at radius 2 is 1.88 bits per heavy atom. The van der Waals surface area contributed by atoms with Gasteiger partial charge in [0, 0.05) is 12.7 Å². The lowest BCUT2D eigenvalue weighted by atomic mass is 10.3. The van der Waals surface area contributed by atoms with Crippen LogP contribution in [0.5, 0.6) is 0 Å². The van der Waals surface area contributed by atoms with Crippen LogP contribution in [0.1, 0.15) is 0 Å². The molecule has 16 heavy (non-hydrogen) atoms. The highest BCUT2D eigenvalue weighted by Crippen LogP contribution is 2.18. The van der Waals surface area contributed by atoms with Crippen LogP contribution in [-0.4, -0.2) is 24.7 Å². The van der Waals surface area contributed by atoms with E-state index >= 15 is 0 Å². The minimum atomic E-state index is -1.21. The topological polar surface area (TPSA) is 40.5 Å². The first kappa shape index (κ1) is 12.9. The number of para-hydroxylation sites is 1. The van der Waals surface area contributed by atoms with E-state index in [9.17, 15) is 4.79 Å². The summed E-state index contributed by atoms with van der Waals surface area (Å²) in [4.78, 5) is 12.4. The Balaban J connectivity index is 2.76. The fraction of sp³-hybridized carbons (Fsp3) is 0.182. The molecular weight excluding hydrogens is 249 g/mol. The molecule has 5 heteroatoms. The zero-order valence-electron chi connectivity index (χ0n) is 8.65. The summed E-state index contributed by atoms with van der Waals surface area (Å²) >= 11 is 11.3. The molecule has 86 valence electrons. The first-order chi connectivity index (χ1) is 7.52. The predicted molar refractivity (Wildman–Crippen MR) is 66.1 cm³/mol. The molecular formula is C11H11Cl2NO2. The molecule has 1 aromatic rings. The summed E-state index contributed by atoms with van der Waals surface area (Å²) in [5.74, 6) is -1.21. The number of hydrogen-bond donors (Lipinski definition) is 1. The first-order valence-corrected chi connectivity index (χ1v) is 5.31. The van der Waals surface area contributed by atoms with Crippen molar-refractivity contribution in [3.05, 3.63) is 40.4 Å². The van der Waals surface area contributed by atoms with Gasteiger partial charge in [0.2, 0.25) is 0 Å². The van der Waals surface area contributed by atoms with Gasteiger partial charge in [-0.2, -0.15) is 0 Å². The van der Waals surface area contributed by atoms with Gasteiger partial charge in [-0.25, -0.2) is 4.79 Å². The van der Waals surface area contributed by atoms with Crippen LogP contribution in [0.4, 0.5) is 5.69 Å². The fourth-order valence-corrected chi connectivity index (χ4v) is 1.49. The maximum Gasteiger partial charge on any atom is 0.348 e. The third kappa shape index (κ3) is 3.43. The quantitative estimate of drug-likeness (QED) is 0.846. The number of rotatable bonds is 4. The molecule has 3 nitrogen and oxygen atoms in total. The SMILES string of the molecule is CN(CC(Cl)=C(Cl)C(=O)O)c1ccccc1. The van der Waals surface area contributed by atoms with Gasteiger partial charge in [-0.05, 0) is 12.1 Å². The van der Waals surface area contributed by atoms with E-state index in [4.69, 9.17) is 28.3 Å². The van der Waals surface area contributed by atoms with E-state index in [1.54, 1.807) is 0 Å². The Kier molecular flexibility index (Phi) is 4.65. The van der Waals surface area contributed by atoms with Gasteiger partial charge in [0.25, 0.3) is 0 Å². The van der Waals surface area contributed by atoms with Crippen LogP contribution in [0.25, 0.3) is 0 Å². The molecule has 1 N–H and O–H groups in total. The van der Waals surface area contributed by atoms with E-state index in [2.05, 4.69) is 0 Å². The average Bonchev–Trinajstić information content (AvgIpc) is 2.28. The van der Waals surface area contributed by atoms with Gasteiger partial charge in [-0.1, -0.05) is 41.4 Å². The van der Waals surface area contributed by atoms with Crippen molar-refractivity contribution < 1.29 is 9.90 Å². The Hall–Kier alpha value is -1.19.